The van der Waals surface area contributed by atoms with E-state index in [1.807, 2.05) is 36.9 Å². The minimum absolute atomic E-state index is 0.164. The Kier molecular flexibility index (Phi) is 4.90. The number of thioether (sulfide) groups is 1. The van der Waals surface area contributed by atoms with Crippen molar-refractivity contribution in [3.63, 3.8) is 0 Å². The summed E-state index contributed by atoms with van der Waals surface area (Å²) in [5.74, 6) is 2.16. The Hall–Kier alpha value is -2.73. The molecule has 6 heteroatoms. The van der Waals surface area contributed by atoms with E-state index >= 15 is 0 Å². The minimum atomic E-state index is -0.305. The number of hydrogen-bond donors (Lipinski definition) is 2. The first-order valence-corrected chi connectivity index (χ1v) is 10.1. The maximum absolute atomic E-state index is 12.0. The number of H-pyrrole nitrogens is 1. The quantitative estimate of drug-likeness (QED) is 0.679. The van der Waals surface area contributed by atoms with E-state index in [9.17, 15) is 9.90 Å². The molecule has 0 spiro atoms. The highest BCUT2D eigenvalue weighted by Gasteiger charge is 2.12. The molecule has 0 amide bonds. The molecule has 2 aromatic carbocycles. The standard InChI is InChI=1S/C21H21N3O2S/c1-14-12-15(24-8-10-27-11-9-24)6-7-19(14)22-13-18-16-4-2-3-5-17(16)20(25)23-21(18)26/h2-7,12-13H,8-11H2,1H3,(H2,23,25,26). The van der Waals surface area contributed by atoms with Crippen molar-refractivity contribution in [2.75, 3.05) is 29.5 Å². The van der Waals surface area contributed by atoms with Crippen LogP contribution in [0.15, 0.2) is 52.3 Å². The normalized spacial score (nSPS) is 14.9. The number of hydrogen-bond acceptors (Lipinski definition) is 5. The Bertz CT molecular complexity index is 1070. The fourth-order valence-corrected chi connectivity index (χ4v) is 4.26. The van der Waals surface area contributed by atoms with Crippen LogP contribution in [0.5, 0.6) is 5.88 Å². The number of benzene rings is 2. The van der Waals surface area contributed by atoms with E-state index in [2.05, 4.69) is 27.0 Å². The van der Waals surface area contributed by atoms with Crippen molar-refractivity contribution in [3.8, 4) is 5.88 Å². The Morgan fingerprint density at radius 3 is 2.63 bits per heavy atom. The van der Waals surface area contributed by atoms with Crippen molar-refractivity contribution in [1.29, 1.82) is 0 Å². The van der Waals surface area contributed by atoms with Gasteiger partial charge < -0.3 is 10.0 Å². The fraction of sp³-hybridized carbons (Fsp3) is 0.238. The van der Waals surface area contributed by atoms with Gasteiger partial charge in [-0.25, -0.2) is 0 Å². The molecule has 1 fully saturated rings. The van der Waals surface area contributed by atoms with Gasteiger partial charge in [0.2, 0.25) is 5.88 Å². The van der Waals surface area contributed by atoms with Crippen molar-refractivity contribution < 1.29 is 5.11 Å². The molecule has 0 unspecified atom stereocenters. The van der Waals surface area contributed by atoms with E-state index in [-0.39, 0.29) is 11.4 Å². The van der Waals surface area contributed by atoms with Crippen LogP contribution in [-0.2, 0) is 0 Å². The lowest BCUT2D eigenvalue weighted by Gasteiger charge is -2.28. The fourth-order valence-electron chi connectivity index (χ4n) is 3.35. The number of pyridine rings is 1. The van der Waals surface area contributed by atoms with Crippen molar-refractivity contribution >= 4 is 40.1 Å². The number of aryl methyl sites for hydroxylation is 1. The smallest absolute Gasteiger partial charge is 0.258 e. The molecule has 1 aliphatic heterocycles. The number of aromatic amines is 1. The molecule has 0 aliphatic carbocycles. The molecule has 138 valence electrons. The van der Waals surface area contributed by atoms with Gasteiger partial charge in [0.15, 0.2) is 0 Å². The Balaban J connectivity index is 1.67. The Morgan fingerprint density at radius 1 is 1.15 bits per heavy atom. The molecule has 1 aliphatic rings. The van der Waals surface area contributed by atoms with Gasteiger partial charge in [-0.05, 0) is 36.8 Å². The highest BCUT2D eigenvalue weighted by atomic mass is 32.2. The molecule has 1 saturated heterocycles. The van der Waals surface area contributed by atoms with Crippen molar-refractivity contribution in [3.05, 3.63) is 63.9 Å². The van der Waals surface area contributed by atoms with E-state index in [1.54, 1.807) is 18.3 Å². The second kappa shape index (κ2) is 7.48. The van der Waals surface area contributed by atoms with Crippen LogP contribution in [0.3, 0.4) is 0 Å². The van der Waals surface area contributed by atoms with Crippen LogP contribution in [0.4, 0.5) is 11.4 Å². The van der Waals surface area contributed by atoms with Gasteiger partial charge in [-0.2, -0.15) is 11.8 Å². The summed E-state index contributed by atoms with van der Waals surface area (Å²) in [6.45, 7) is 4.19. The van der Waals surface area contributed by atoms with Gasteiger partial charge in [0, 0.05) is 47.3 Å². The Morgan fingerprint density at radius 2 is 1.89 bits per heavy atom. The van der Waals surface area contributed by atoms with E-state index < -0.39 is 0 Å². The molecule has 0 atom stereocenters. The molecule has 2 heterocycles. The third kappa shape index (κ3) is 3.57. The number of aromatic hydroxyl groups is 1. The van der Waals surface area contributed by atoms with E-state index in [0.29, 0.717) is 16.3 Å². The highest BCUT2D eigenvalue weighted by Crippen LogP contribution is 2.27. The molecule has 0 bridgehead atoms. The molecule has 5 nitrogen and oxygen atoms in total. The third-order valence-electron chi connectivity index (χ3n) is 4.84. The van der Waals surface area contributed by atoms with Crippen molar-refractivity contribution in [2.24, 2.45) is 4.99 Å². The first kappa shape index (κ1) is 17.7. The number of nitrogens with one attached hydrogen (secondary N) is 1. The van der Waals surface area contributed by atoms with Crippen LogP contribution in [0.2, 0.25) is 0 Å². The van der Waals surface area contributed by atoms with Crippen LogP contribution in [0, 0.1) is 6.92 Å². The summed E-state index contributed by atoms with van der Waals surface area (Å²) in [5, 5.41) is 11.4. The van der Waals surface area contributed by atoms with Crippen LogP contribution >= 0.6 is 11.8 Å². The lowest BCUT2D eigenvalue weighted by Crippen LogP contribution is -2.32. The van der Waals surface area contributed by atoms with Crippen LogP contribution in [0.1, 0.15) is 11.1 Å². The predicted octanol–water partition coefficient (Wildman–Crippen LogP) is 3.85. The van der Waals surface area contributed by atoms with Crippen LogP contribution < -0.4 is 10.5 Å². The zero-order valence-electron chi connectivity index (χ0n) is 15.1. The molecule has 0 radical (unpaired) electrons. The molecule has 4 rings (SSSR count). The number of aromatic nitrogens is 1. The lowest BCUT2D eigenvalue weighted by molar-refractivity contribution is 0.452. The largest absolute Gasteiger partial charge is 0.494 e. The second-order valence-electron chi connectivity index (χ2n) is 6.59. The number of aliphatic imine (C=N–C) groups is 1. The van der Waals surface area contributed by atoms with E-state index in [0.717, 1.165) is 35.8 Å². The minimum Gasteiger partial charge on any atom is -0.494 e. The lowest BCUT2D eigenvalue weighted by atomic mass is 10.1. The zero-order chi connectivity index (χ0) is 18.8. The summed E-state index contributed by atoms with van der Waals surface area (Å²) in [5.41, 5.74) is 3.36. The van der Waals surface area contributed by atoms with E-state index in [4.69, 9.17) is 0 Å². The van der Waals surface area contributed by atoms with Gasteiger partial charge >= 0.3 is 0 Å². The van der Waals surface area contributed by atoms with Crippen molar-refractivity contribution in [1.82, 2.24) is 4.98 Å². The second-order valence-corrected chi connectivity index (χ2v) is 7.82. The average molecular weight is 379 g/mol. The monoisotopic (exact) mass is 379 g/mol. The molecular weight excluding hydrogens is 358 g/mol. The SMILES string of the molecule is Cc1cc(N2CCSCC2)ccc1N=Cc1c(O)[nH]c(=O)c2ccccc12. The van der Waals surface area contributed by atoms with Gasteiger partial charge in [-0.3, -0.25) is 14.8 Å². The molecule has 2 N–H and O–H groups in total. The zero-order valence-corrected chi connectivity index (χ0v) is 15.9. The number of fused-ring (bicyclic) bond motifs is 1. The van der Waals surface area contributed by atoms with E-state index in [1.165, 1.54) is 5.69 Å². The number of nitrogens with zero attached hydrogens (tertiary/aromatic N) is 2. The van der Waals surface area contributed by atoms with Crippen LogP contribution in [0.25, 0.3) is 10.8 Å². The van der Waals surface area contributed by atoms with Gasteiger partial charge in [0.05, 0.1) is 11.3 Å². The summed E-state index contributed by atoms with van der Waals surface area (Å²) in [4.78, 5) is 21.5. The van der Waals surface area contributed by atoms with Gasteiger partial charge in [0.25, 0.3) is 5.56 Å². The summed E-state index contributed by atoms with van der Waals surface area (Å²) in [7, 11) is 0. The molecule has 1 aromatic heterocycles. The summed E-state index contributed by atoms with van der Waals surface area (Å²) in [6.07, 6.45) is 1.62. The first-order chi connectivity index (χ1) is 13.1. The number of anilines is 1. The maximum atomic E-state index is 12.0. The molecular formula is C21H21N3O2S. The third-order valence-corrected chi connectivity index (χ3v) is 5.78. The van der Waals surface area contributed by atoms with Crippen molar-refractivity contribution in [2.45, 2.75) is 6.92 Å². The average Bonchev–Trinajstić information content (AvgIpc) is 2.69. The summed E-state index contributed by atoms with van der Waals surface area (Å²) < 4.78 is 0. The molecule has 3 aromatic rings. The molecule has 27 heavy (non-hydrogen) atoms. The first-order valence-electron chi connectivity index (χ1n) is 8.95. The Labute approximate surface area is 161 Å². The predicted molar refractivity (Wildman–Crippen MR) is 114 cm³/mol. The van der Waals surface area contributed by atoms with Crippen LogP contribution in [-0.4, -0.2) is 40.9 Å². The number of rotatable bonds is 3. The van der Waals surface area contributed by atoms with Gasteiger partial charge in [-0.1, -0.05) is 18.2 Å². The van der Waals surface area contributed by atoms with Gasteiger partial charge in [-0.15, -0.1) is 0 Å². The summed E-state index contributed by atoms with van der Waals surface area (Å²) in [6, 6.07) is 13.5. The van der Waals surface area contributed by atoms with Gasteiger partial charge in [0.1, 0.15) is 0 Å². The highest BCUT2D eigenvalue weighted by molar-refractivity contribution is 7.99. The molecule has 0 saturated carbocycles. The summed E-state index contributed by atoms with van der Waals surface area (Å²) >= 11 is 2.00. The topological polar surface area (TPSA) is 68.7 Å². The maximum Gasteiger partial charge on any atom is 0.258 e.